The number of piperazine rings is 1. The summed E-state index contributed by atoms with van der Waals surface area (Å²) < 4.78 is 0. The van der Waals surface area contributed by atoms with E-state index in [9.17, 15) is 9.59 Å². The molecule has 1 heterocycles. The molecule has 1 aliphatic heterocycles. The van der Waals surface area contributed by atoms with Crippen molar-refractivity contribution >= 4 is 17.6 Å². The SMILES string of the molecule is O=C(Nc1cccc(C(=O)N2CCN(C(c3ccccc3)c3ccccc3)CC2)c1)NC1CC1. The first-order valence-electron chi connectivity index (χ1n) is 12.0. The number of nitrogens with zero attached hydrogens (tertiary/aromatic N) is 2. The van der Waals surface area contributed by atoms with Gasteiger partial charge in [0.15, 0.2) is 0 Å². The molecule has 2 aliphatic rings. The molecule has 0 bridgehead atoms. The lowest BCUT2D eigenvalue weighted by Gasteiger charge is -2.39. The third-order valence-corrected chi connectivity index (χ3v) is 6.48. The minimum atomic E-state index is -0.214. The molecule has 1 aliphatic carbocycles. The summed E-state index contributed by atoms with van der Waals surface area (Å²) in [4.78, 5) is 29.6. The summed E-state index contributed by atoms with van der Waals surface area (Å²) in [5.74, 6) is 0.00173. The van der Waals surface area contributed by atoms with Gasteiger partial charge in [-0.25, -0.2) is 4.79 Å². The van der Waals surface area contributed by atoms with Crippen LogP contribution in [0.15, 0.2) is 84.9 Å². The quantitative estimate of drug-likeness (QED) is 0.576. The van der Waals surface area contributed by atoms with Crippen LogP contribution >= 0.6 is 0 Å². The molecule has 2 fully saturated rings. The van der Waals surface area contributed by atoms with Crippen LogP contribution in [0.4, 0.5) is 10.5 Å². The van der Waals surface area contributed by atoms with Crippen LogP contribution in [0.25, 0.3) is 0 Å². The molecule has 3 amide bonds. The van der Waals surface area contributed by atoms with Gasteiger partial charge in [0.1, 0.15) is 0 Å². The van der Waals surface area contributed by atoms with Crippen LogP contribution in [-0.4, -0.2) is 54.0 Å². The monoisotopic (exact) mass is 454 g/mol. The second-order valence-electron chi connectivity index (χ2n) is 9.01. The van der Waals surface area contributed by atoms with Gasteiger partial charge in [-0.2, -0.15) is 0 Å². The third-order valence-electron chi connectivity index (χ3n) is 6.48. The number of anilines is 1. The summed E-state index contributed by atoms with van der Waals surface area (Å²) in [6.07, 6.45) is 2.07. The van der Waals surface area contributed by atoms with Gasteiger partial charge in [0.2, 0.25) is 0 Å². The summed E-state index contributed by atoms with van der Waals surface area (Å²) in [6, 6.07) is 28.5. The third kappa shape index (κ3) is 5.29. The van der Waals surface area contributed by atoms with Crippen LogP contribution < -0.4 is 10.6 Å². The topological polar surface area (TPSA) is 64.7 Å². The molecule has 6 nitrogen and oxygen atoms in total. The summed E-state index contributed by atoms with van der Waals surface area (Å²) in [5, 5.41) is 5.75. The minimum absolute atomic E-state index is 0.00173. The molecule has 1 saturated carbocycles. The Balaban J connectivity index is 1.25. The number of urea groups is 1. The molecule has 0 spiro atoms. The Morgan fingerprint density at radius 3 is 1.97 bits per heavy atom. The number of hydrogen-bond acceptors (Lipinski definition) is 3. The van der Waals surface area contributed by atoms with Crippen LogP contribution in [0.3, 0.4) is 0 Å². The Labute approximate surface area is 200 Å². The van der Waals surface area contributed by atoms with Crippen molar-refractivity contribution < 1.29 is 9.59 Å². The number of amides is 3. The van der Waals surface area contributed by atoms with Crippen molar-refractivity contribution in [2.24, 2.45) is 0 Å². The first kappa shape index (κ1) is 22.2. The molecule has 0 atom stereocenters. The maximum Gasteiger partial charge on any atom is 0.319 e. The van der Waals surface area contributed by atoms with Crippen LogP contribution in [0.5, 0.6) is 0 Å². The van der Waals surface area contributed by atoms with Crippen LogP contribution in [0, 0.1) is 0 Å². The Bertz CT molecular complexity index is 1080. The number of carbonyl (C=O) groups excluding carboxylic acids is 2. The minimum Gasteiger partial charge on any atom is -0.336 e. The summed E-state index contributed by atoms with van der Waals surface area (Å²) in [7, 11) is 0. The Hall–Kier alpha value is -3.64. The van der Waals surface area contributed by atoms with E-state index in [2.05, 4.69) is 64.1 Å². The zero-order chi connectivity index (χ0) is 23.3. The fraction of sp³-hybridized carbons (Fsp3) is 0.286. The molecule has 0 unspecified atom stereocenters. The lowest BCUT2D eigenvalue weighted by Crippen LogP contribution is -2.49. The van der Waals surface area contributed by atoms with E-state index in [0.29, 0.717) is 24.3 Å². The van der Waals surface area contributed by atoms with Crippen molar-refractivity contribution in [3.63, 3.8) is 0 Å². The number of nitrogens with one attached hydrogen (secondary N) is 2. The van der Waals surface area contributed by atoms with E-state index in [1.165, 1.54) is 11.1 Å². The number of rotatable bonds is 6. The Kier molecular flexibility index (Phi) is 6.58. The molecule has 3 aromatic rings. The Morgan fingerprint density at radius 2 is 1.38 bits per heavy atom. The highest BCUT2D eigenvalue weighted by Crippen LogP contribution is 2.29. The predicted octanol–water partition coefficient (Wildman–Crippen LogP) is 4.52. The van der Waals surface area contributed by atoms with Crippen molar-refractivity contribution in [3.8, 4) is 0 Å². The van der Waals surface area contributed by atoms with Gasteiger partial charge >= 0.3 is 6.03 Å². The maximum atomic E-state index is 13.2. The molecule has 174 valence electrons. The van der Waals surface area contributed by atoms with E-state index >= 15 is 0 Å². The van der Waals surface area contributed by atoms with E-state index in [1.807, 2.05) is 35.2 Å². The van der Waals surface area contributed by atoms with E-state index in [0.717, 1.165) is 25.9 Å². The van der Waals surface area contributed by atoms with Gasteiger partial charge in [-0.1, -0.05) is 66.7 Å². The molecule has 6 heteroatoms. The Morgan fingerprint density at radius 1 is 0.765 bits per heavy atom. The van der Waals surface area contributed by atoms with Gasteiger partial charge in [-0.15, -0.1) is 0 Å². The summed E-state index contributed by atoms with van der Waals surface area (Å²) in [5.41, 5.74) is 3.75. The van der Waals surface area contributed by atoms with E-state index in [1.54, 1.807) is 6.07 Å². The molecular formula is C28H30N4O2. The first-order valence-corrected chi connectivity index (χ1v) is 12.0. The van der Waals surface area contributed by atoms with Crippen molar-refractivity contribution in [2.45, 2.75) is 24.9 Å². The fourth-order valence-corrected chi connectivity index (χ4v) is 4.56. The highest BCUT2D eigenvalue weighted by Gasteiger charge is 2.29. The zero-order valence-electron chi connectivity index (χ0n) is 19.2. The highest BCUT2D eigenvalue weighted by atomic mass is 16.2. The predicted molar refractivity (Wildman–Crippen MR) is 134 cm³/mol. The second-order valence-corrected chi connectivity index (χ2v) is 9.01. The first-order chi connectivity index (χ1) is 16.7. The van der Waals surface area contributed by atoms with E-state index in [-0.39, 0.29) is 24.0 Å². The van der Waals surface area contributed by atoms with Gasteiger partial charge < -0.3 is 15.5 Å². The zero-order valence-corrected chi connectivity index (χ0v) is 19.2. The molecule has 0 aromatic heterocycles. The average Bonchev–Trinajstić information content (AvgIpc) is 3.69. The van der Waals surface area contributed by atoms with Crippen molar-refractivity contribution in [3.05, 3.63) is 102 Å². The molecule has 2 N–H and O–H groups in total. The van der Waals surface area contributed by atoms with Crippen LogP contribution in [-0.2, 0) is 0 Å². The average molecular weight is 455 g/mol. The molecule has 3 aromatic carbocycles. The number of carbonyl (C=O) groups is 2. The molecule has 1 saturated heterocycles. The van der Waals surface area contributed by atoms with Crippen molar-refractivity contribution in [1.82, 2.24) is 15.1 Å². The summed E-state index contributed by atoms with van der Waals surface area (Å²) in [6.45, 7) is 2.91. The van der Waals surface area contributed by atoms with Crippen molar-refractivity contribution in [2.75, 3.05) is 31.5 Å². The molecule has 0 radical (unpaired) electrons. The fourth-order valence-electron chi connectivity index (χ4n) is 4.56. The second kappa shape index (κ2) is 10.1. The molecular weight excluding hydrogens is 424 g/mol. The molecule has 5 rings (SSSR count). The lowest BCUT2D eigenvalue weighted by atomic mass is 9.96. The van der Waals surface area contributed by atoms with Gasteiger partial charge in [-0.3, -0.25) is 9.69 Å². The van der Waals surface area contributed by atoms with Gasteiger partial charge in [-0.05, 0) is 42.2 Å². The van der Waals surface area contributed by atoms with E-state index in [4.69, 9.17) is 0 Å². The lowest BCUT2D eigenvalue weighted by molar-refractivity contribution is 0.0597. The van der Waals surface area contributed by atoms with Crippen molar-refractivity contribution in [1.29, 1.82) is 0 Å². The van der Waals surface area contributed by atoms with E-state index < -0.39 is 0 Å². The van der Waals surface area contributed by atoms with Crippen LogP contribution in [0.2, 0.25) is 0 Å². The van der Waals surface area contributed by atoms with Gasteiger partial charge in [0.25, 0.3) is 5.91 Å². The highest BCUT2D eigenvalue weighted by molar-refractivity contribution is 5.97. The van der Waals surface area contributed by atoms with Gasteiger partial charge in [0.05, 0.1) is 6.04 Å². The van der Waals surface area contributed by atoms with Crippen LogP contribution in [0.1, 0.15) is 40.4 Å². The maximum absolute atomic E-state index is 13.2. The largest absolute Gasteiger partial charge is 0.336 e. The number of hydrogen-bond donors (Lipinski definition) is 2. The smallest absolute Gasteiger partial charge is 0.319 e. The number of benzene rings is 3. The standard InChI is InChI=1S/C28H30N4O2/c33-27(23-12-7-13-25(20-23)30-28(34)29-24-14-15-24)32-18-16-31(17-19-32)26(21-8-3-1-4-9-21)22-10-5-2-6-11-22/h1-13,20,24,26H,14-19H2,(H2,29,30,34). The normalized spacial score (nSPS) is 16.3. The summed E-state index contributed by atoms with van der Waals surface area (Å²) >= 11 is 0. The molecule has 34 heavy (non-hydrogen) atoms. The van der Waals surface area contributed by atoms with Gasteiger partial charge in [0, 0.05) is 43.5 Å².